The highest BCUT2D eigenvalue weighted by Crippen LogP contribution is 2.62. The summed E-state index contributed by atoms with van der Waals surface area (Å²) in [5.41, 5.74) is 0.742. The standard InChI is InChI=1S/C15H24N4O2/c1-14(2)10-4-5-15(3,8-10)13(14)16-6-7-19-9-11(12(20)21)17-18-19/h9-10,13,16H,4-8H2,1-3H3,(H,20,21). The fourth-order valence-corrected chi connectivity index (χ4v) is 4.64. The average molecular weight is 292 g/mol. The lowest BCUT2D eigenvalue weighted by Gasteiger charge is -2.43. The van der Waals surface area contributed by atoms with Crippen molar-refractivity contribution in [1.29, 1.82) is 0 Å². The van der Waals surface area contributed by atoms with Crippen molar-refractivity contribution in [1.82, 2.24) is 20.3 Å². The third-order valence-electron chi connectivity index (χ3n) is 5.72. The Morgan fingerprint density at radius 2 is 2.29 bits per heavy atom. The topological polar surface area (TPSA) is 80.0 Å². The zero-order valence-electron chi connectivity index (χ0n) is 13.0. The predicted octanol–water partition coefficient (Wildman–Crippen LogP) is 1.78. The van der Waals surface area contributed by atoms with E-state index in [9.17, 15) is 4.79 Å². The van der Waals surface area contributed by atoms with Gasteiger partial charge < -0.3 is 10.4 Å². The number of rotatable bonds is 5. The van der Waals surface area contributed by atoms with E-state index in [4.69, 9.17) is 5.11 Å². The van der Waals surface area contributed by atoms with Crippen LogP contribution in [0.15, 0.2) is 6.20 Å². The van der Waals surface area contributed by atoms with Crippen molar-refractivity contribution in [3.05, 3.63) is 11.9 Å². The van der Waals surface area contributed by atoms with Crippen LogP contribution in [0.1, 0.15) is 50.5 Å². The molecule has 2 fully saturated rings. The molecule has 3 rings (SSSR count). The second-order valence-electron chi connectivity index (χ2n) is 7.47. The van der Waals surface area contributed by atoms with Gasteiger partial charge in [-0.25, -0.2) is 4.79 Å². The van der Waals surface area contributed by atoms with E-state index < -0.39 is 5.97 Å². The Labute approximate surface area is 124 Å². The lowest BCUT2D eigenvalue weighted by Crippen LogP contribution is -2.51. The molecule has 2 saturated carbocycles. The van der Waals surface area contributed by atoms with E-state index in [0.717, 1.165) is 12.5 Å². The van der Waals surface area contributed by atoms with Gasteiger partial charge in [0.15, 0.2) is 5.69 Å². The summed E-state index contributed by atoms with van der Waals surface area (Å²) in [5, 5.41) is 20.0. The third kappa shape index (κ3) is 2.35. The van der Waals surface area contributed by atoms with Crippen LogP contribution in [0.3, 0.4) is 0 Å². The summed E-state index contributed by atoms with van der Waals surface area (Å²) >= 11 is 0. The quantitative estimate of drug-likeness (QED) is 0.864. The van der Waals surface area contributed by atoms with Gasteiger partial charge in [0.2, 0.25) is 0 Å². The van der Waals surface area contributed by atoms with Crippen LogP contribution in [-0.2, 0) is 6.54 Å². The van der Waals surface area contributed by atoms with Gasteiger partial charge >= 0.3 is 5.97 Å². The molecule has 0 aliphatic heterocycles. The summed E-state index contributed by atoms with van der Waals surface area (Å²) in [7, 11) is 0. The molecule has 2 aliphatic carbocycles. The molecule has 116 valence electrons. The number of nitrogens with one attached hydrogen (secondary N) is 1. The zero-order valence-corrected chi connectivity index (χ0v) is 13.0. The maximum Gasteiger partial charge on any atom is 0.358 e. The van der Waals surface area contributed by atoms with Gasteiger partial charge in [-0.2, -0.15) is 0 Å². The second-order valence-corrected chi connectivity index (χ2v) is 7.47. The molecule has 3 atom stereocenters. The number of fused-ring (bicyclic) bond motifs is 2. The zero-order chi connectivity index (χ0) is 15.3. The Hall–Kier alpha value is -1.43. The van der Waals surface area contributed by atoms with Crippen LogP contribution in [-0.4, -0.2) is 38.7 Å². The van der Waals surface area contributed by atoms with Crippen LogP contribution in [0.4, 0.5) is 0 Å². The molecule has 2 bridgehead atoms. The number of carbonyl (C=O) groups is 1. The molecular formula is C15H24N4O2. The second kappa shape index (κ2) is 4.80. The number of hydrogen-bond donors (Lipinski definition) is 2. The van der Waals surface area contributed by atoms with E-state index in [2.05, 4.69) is 36.4 Å². The molecule has 2 aliphatic rings. The van der Waals surface area contributed by atoms with Gasteiger partial charge in [0.1, 0.15) is 0 Å². The molecule has 1 aromatic rings. The summed E-state index contributed by atoms with van der Waals surface area (Å²) < 4.78 is 1.60. The van der Waals surface area contributed by atoms with Crippen LogP contribution < -0.4 is 5.32 Å². The van der Waals surface area contributed by atoms with Crippen molar-refractivity contribution in [3.63, 3.8) is 0 Å². The third-order valence-corrected chi connectivity index (χ3v) is 5.72. The SMILES string of the molecule is CC12CCC(C1)C(C)(C)C2NCCn1cc(C(=O)O)nn1. The van der Waals surface area contributed by atoms with E-state index in [1.807, 2.05) is 0 Å². The molecule has 3 unspecified atom stereocenters. The fourth-order valence-electron chi connectivity index (χ4n) is 4.64. The van der Waals surface area contributed by atoms with Crippen LogP contribution in [0.2, 0.25) is 0 Å². The van der Waals surface area contributed by atoms with Crippen molar-refractivity contribution in [2.45, 2.75) is 52.6 Å². The van der Waals surface area contributed by atoms with Gasteiger partial charge in [0.05, 0.1) is 12.7 Å². The van der Waals surface area contributed by atoms with Crippen LogP contribution in [0.5, 0.6) is 0 Å². The van der Waals surface area contributed by atoms with Gasteiger partial charge in [-0.3, -0.25) is 4.68 Å². The monoisotopic (exact) mass is 292 g/mol. The van der Waals surface area contributed by atoms with E-state index in [0.29, 0.717) is 23.4 Å². The van der Waals surface area contributed by atoms with Gasteiger partial charge in [0.25, 0.3) is 0 Å². The minimum atomic E-state index is -1.03. The van der Waals surface area contributed by atoms with E-state index in [1.54, 1.807) is 4.68 Å². The molecule has 1 heterocycles. The molecule has 6 heteroatoms. The lowest BCUT2D eigenvalue weighted by atomic mass is 9.68. The summed E-state index contributed by atoms with van der Waals surface area (Å²) in [6.07, 6.45) is 5.47. The van der Waals surface area contributed by atoms with E-state index in [1.165, 1.54) is 25.5 Å². The maximum atomic E-state index is 10.8. The first-order chi connectivity index (χ1) is 9.83. The van der Waals surface area contributed by atoms with Gasteiger partial charge in [-0.15, -0.1) is 5.10 Å². The Balaban J connectivity index is 1.59. The number of carboxylic acids is 1. The normalized spacial score (nSPS) is 33.5. The minimum absolute atomic E-state index is 0.00205. The van der Waals surface area contributed by atoms with Gasteiger partial charge in [0, 0.05) is 12.6 Å². The maximum absolute atomic E-state index is 10.8. The molecule has 0 aromatic carbocycles. The minimum Gasteiger partial charge on any atom is -0.476 e. The smallest absolute Gasteiger partial charge is 0.358 e. The number of nitrogens with zero attached hydrogens (tertiary/aromatic N) is 3. The first kappa shape index (κ1) is 14.5. The first-order valence-corrected chi connectivity index (χ1v) is 7.70. The Kier molecular flexibility index (Phi) is 3.31. The highest BCUT2D eigenvalue weighted by Gasteiger charge is 2.58. The molecule has 0 radical (unpaired) electrons. The largest absolute Gasteiger partial charge is 0.476 e. The van der Waals surface area contributed by atoms with Crippen LogP contribution in [0, 0.1) is 16.7 Å². The van der Waals surface area contributed by atoms with E-state index in [-0.39, 0.29) is 5.69 Å². The highest BCUT2D eigenvalue weighted by atomic mass is 16.4. The first-order valence-electron chi connectivity index (χ1n) is 7.70. The predicted molar refractivity (Wildman–Crippen MR) is 78.0 cm³/mol. The number of carboxylic acid groups (broad SMARTS) is 1. The van der Waals surface area contributed by atoms with Crippen molar-refractivity contribution in [3.8, 4) is 0 Å². The Bertz CT molecular complexity index is 549. The molecule has 0 spiro atoms. The molecule has 1 aromatic heterocycles. The van der Waals surface area contributed by atoms with Crippen LogP contribution >= 0.6 is 0 Å². The molecule has 6 nitrogen and oxygen atoms in total. The molecule has 0 saturated heterocycles. The summed E-state index contributed by atoms with van der Waals surface area (Å²) in [6, 6.07) is 0.520. The van der Waals surface area contributed by atoms with E-state index >= 15 is 0 Å². The summed E-state index contributed by atoms with van der Waals surface area (Å²) in [6.45, 7) is 8.58. The van der Waals surface area contributed by atoms with Crippen molar-refractivity contribution in [2.24, 2.45) is 16.7 Å². The van der Waals surface area contributed by atoms with Crippen LogP contribution in [0.25, 0.3) is 0 Å². The highest BCUT2D eigenvalue weighted by molar-refractivity contribution is 5.84. The Morgan fingerprint density at radius 1 is 1.52 bits per heavy atom. The molecule has 2 N–H and O–H groups in total. The fraction of sp³-hybridized carbons (Fsp3) is 0.800. The lowest BCUT2D eigenvalue weighted by molar-refractivity contribution is 0.0690. The Morgan fingerprint density at radius 3 is 2.86 bits per heavy atom. The number of aromatic carboxylic acids is 1. The number of hydrogen-bond acceptors (Lipinski definition) is 4. The van der Waals surface area contributed by atoms with Gasteiger partial charge in [-0.05, 0) is 36.0 Å². The van der Waals surface area contributed by atoms with Gasteiger partial charge in [-0.1, -0.05) is 26.0 Å². The summed E-state index contributed by atoms with van der Waals surface area (Å²) in [4.78, 5) is 10.8. The molecular weight excluding hydrogens is 268 g/mol. The van der Waals surface area contributed by atoms with Crippen molar-refractivity contribution >= 4 is 5.97 Å². The van der Waals surface area contributed by atoms with Crippen molar-refractivity contribution in [2.75, 3.05) is 6.54 Å². The molecule has 21 heavy (non-hydrogen) atoms. The average Bonchev–Trinajstić information content (AvgIpc) is 3.04. The number of aromatic nitrogens is 3. The van der Waals surface area contributed by atoms with Crippen molar-refractivity contribution < 1.29 is 9.90 Å². The molecule has 0 amide bonds. The summed E-state index contributed by atoms with van der Waals surface area (Å²) in [5.74, 6) is -0.207.